The van der Waals surface area contributed by atoms with E-state index in [-0.39, 0.29) is 6.04 Å². The largest absolute Gasteiger partial charge is 0.271 e. The van der Waals surface area contributed by atoms with Gasteiger partial charge in [0.2, 0.25) is 0 Å². The molecule has 0 spiro atoms. The van der Waals surface area contributed by atoms with Crippen LogP contribution in [-0.2, 0) is 0 Å². The van der Waals surface area contributed by atoms with Gasteiger partial charge in [-0.05, 0) is 30.5 Å². The van der Waals surface area contributed by atoms with Gasteiger partial charge in [0.15, 0.2) is 0 Å². The van der Waals surface area contributed by atoms with E-state index >= 15 is 0 Å². The predicted octanol–water partition coefficient (Wildman–Crippen LogP) is 4.23. The summed E-state index contributed by atoms with van der Waals surface area (Å²) >= 11 is 3.52. The number of halogens is 1. The molecule has 2 nitrogen and oxygen atoms in total. The Hall–Kier alpha value is -0.380. The average Bonchev–Trinajstić information content (AvgIpc) is 2.33. The molecule has 96 valence electrons. The summed E-state index contributed by atoms with van der Waals surface area (Å²) in [6.07, 6.45) is 6.23. The molecular weight excluding hydrogens is 276 g/mol. The van der Waals surface area contributed by atoms with Gasteiger partial charge in [-0.1, -0.05) is 60.7 Å². The van der Waals surface area contributed by atoms with Crippen LogP contribution in [0.15, 0.2) is 22.7 Å². The molecule has 1 rings (SSSR count). The zero-order valence-corrected chi connectivity index (χ0v) is 12.4. The molecule has 0 aliphatic rings. The van der Waals surface area contributed by atoms with Crippen LogP contribution in [0, 0.1) is 6.92 Å². The number of benzene rings is 1. The van der Waals surface area contributed by atoms with Crippen molar-refractivity contribution in [1.82, 2.24) is 5.43 Å². The predicted molar refractivity (Wildman–Crippen MR) is 77.7 cm³/mol. The van der Waals surface area contributed by atoms with Crippen LogP contribution in [-0.4, -0.2) is 0 Å². The van der Waals surface area contributed by atoms with Gasteiger partial charge in [0.05, 0.1) is 0 Å². The van der Waals surface area contributed by atoms with Crippen molar-refractivity contribution >= 4 is 15.9 Å². The molecule has 1 unspecified atom stereocenters. The normalized spacial score (nSPS) is 12.7. The smallest absolute Gasteiger partial charge is 0.0460 e. The summed E-state index contributed by atoms with van der Waals surface area (Å²) in [5.41, 5.74) is 5.47. The molecule has 0 saturated carbocycles. The van der Waals surface area contributed by atoms with Gasteiger partial charge in [0.25, 0.3) is 0 Å². The summed E-state index contributed by atoms with van der Waals surface area (Å²) in [7, 11) is 0. The molecule has 0 heterocycles. The Morgan fingerprint density at radius 1 is 1.29 bits per heavy atom. The minimum atomic E-state index is 0.277. The standard InChI is InChI=1S/C14H23BrN2/c1-3-4-5-6-7-14(17-16)12-8-9-13(15)11(2)10-12/h8-10,14,17H,3-7,16H2,1-2H3. The molecule has 3 heteroatoms. The molecule has 0 amide bonds. The van der Waals surface area contributed by atoms with Crippen LogP contribution in [0.3, 0.4) is 0 Å². The third kappa shape index (κ3) is 4.78. The van der Waals surface area contributed by atoms with Crippen molar-refractivity contribution in [3.63, 3.8) is 0 Å². The SMILES string of the molecule is CCCCCCC(NN)c1ccc(Br)c(C)c1. The summed E-state index contributed by atoms with van der Waals surface area (Å²) in [5, 5.41) is 0. The Morgan fingerprint density at radius 3 is 2.65 bits per heavy atom. The average molecular weight is 299 g/mol. The van der Waals surface area contributed by atoms with Crippen LogP contribution in [0.5, 0.6) is 0 Å². The fourth-order valence-electron chi connectivity index (χ4n) is 2.01. The highest BCUT2D eigenvalue weighted by atomic mass is 79.9. The van der Waals surface area contributed by atoms with E-state index < -0.39 is 0 Å². The first-order valence-corrected chi connectivity index (χ1v) is 7.20. The highest BCUT2D eigenvalue weighted by molar-refractivity contribution is 9.10. The Bertz CT molecular complexity index is 339. The molecule has 1 aromatic rings. The van der Waals surface area contributed by atoms with Crippen LogP contribution in [0.4, 0.5) is 0 Å². The van der Waals surface area contributed by atoms with Gasteiger partial charge in [-0.3, -0.25) is 11.3 Å². The van der Waals surface area contributed by atoms with Crippen LogP contribution in [0.2, 0.25) is 0 Å². The molecule has 0 radical (unpaired) electrons. The maximum atomic E-state index is 5.65. The van der Waals surface area contributed by atoms with E-state index in [1.54, 1.807) is 0 Å². The van der Waals surface area contributed by atoms with Gasteiger partial charge in [-0.15, -0.1) is 0 Å². The first-order chi connectivity index (χ1) is 8.19. The molecule has 3 N–H and O–H groups in total. The Kier molecular flexibility index (Phi) is 6.78. The topological polar surface area (TPSA) is 38.0 Å². The van der Waals surface area contributed by atoms with Crippen molar-refractivity contribution in [2.24, 2.45) is 5.84 Å². The number of nitrogens with two attached hydrogens (primary N) is 1. The van der Waals surface area contributed by atoms with E-state index in [1.165, 1.54) is 36.8 Å². The van der Waals surface area contributed by atoms with Crippen LogP contribution in [0.25, 0.3) is 0 Å². The van der Waals surface area contributed by atoms with E-state index in [9.17, 15) is 0 Å². The van der Waals surface area contributed by atoms with E-state index in [0.29, 0.717) is 0 Å². The zero-order chi connectivity index (χ0) is 12.7. The summed E-state index contributed by atoms with van der Waals surface area (Å²) in [4.78, 5) is 0. The first kappa shape index (κ1) is 14.7. The number of rotatable bonds is 7. The number of hydrogen-bond acceptors (Lipinski definition) is 2. The lowest BCUT2D eigenvalue weighted by Gasteiger charge is -2.17. The van der Waals surface area contributed by atoms with Crippen LogP contribution >= 0.6 is 15.9 Å². The third-order valence-electron chi connectivity index (χ3n) is 3.13. The second kappa shape index (κ2) is 7.85. The minimum absolute atomic E-state index is 0.277. The van der Waals surface area contributed by atoms with Crippen molar-refractivity contribution in [2.75, 3.05) is 0 Å². The van der Waals surface area contributed by atoms with Gasteiger partial charge in [0.1, 0.15) is 0 Å². The summed E-state index contributed by atoms with van der Waals surface area (Å²) in [6.45, 7) is 4.34. The van der Waals surface area contributed by atoms with E-state index in [4.69, 9.17) is 5.84 Å². The van der Waals surface area contributed by atoms with Crippen molar-refractivity contribution in [1.29, 1.82) is 0 Å². The molecule has 0 bridgehead atoms. The van der Waals surface area contributed by atoms with Gasteiger partial charge in [-0.2, -0.15) is 0 Å². The van der Waals surface area contributed by atoms with E-state index in [1.807, 2.05) is 0 Å². The lowest BCUT2D eigenvalue weighted by molar-refractivity contribution is 0.482. The van der Waals surface area contributed by atoms with Crippen molar-refractivity contribution in [2.45, 2.75) is 52.0 Å². The molecule has 0 aliphatic carbocycles. The second-order valence-electron chi connectivity index (χ2n) is 4.58. The third-order valence-corrected chi connectivity index (χ3v) is 4.02. The van der Waals surface area contributed by atoms with Gasteiger partial charge in [0, 0.05) is 10.5 Å². The Morgan fingerprint density at radius 2 is 2.06 bits per heavy atom. The Balaban J connectivity index is 2.56. The maximum absolute atomic E-state index is 5.65. The fourth-order valence-corrected chi connectivity index (χ4v) is 2.25. The zero-order valence-electron chi connectivity index (χ0n) is 10.8. The Labute approximate surface area is 113 Å². The van der Waals surface area contributed by atoms with Crippen molar-refractivity contribution in [3.8, 4) is 0 Å². The fraction of sp³-hybridized carbons (Fsp3) is 0.571. The molecule has 0 aliphatic heterocycles. The molecule has 17 heavy (non-hydrogen) atoms. The molecule has 0 aromatic heterocycles. The molecular formula is C14H23BrN2. The number of aryl methyl sites for hydroxylation is 1. The van der Waals surface area contributed by atoms with Gasteiger partial charge < -0.3 is 0 Å². The van der Waals surface area contributed by atoms with E-state index in [2.05, 4.69) is 53.4 Å². The van der Waals surface area contributed by atoms with Crippen molar-refractivity contribution < 1.29 is 0 Å². The molecule has 0 fully saturated rings. The molecule has 1 atom stereocenters. The van der Waals surface area contributed by atoms with Crippen LogP contribution < -0.4 is 11.3 Å². The minimum Gasteiger partial charge on any atom is -0.271 e. The van der Waals surface area contributed by atoms with Crippen LogP contribution in [0.1, 0.15) is 56.2 Å². The summed E-state index contributed by atoms with van der Waals surface area (Å²) < 4.78 is 1.16. The van der Waals surface area contributed by atoms with E-state index in [0.717, 1.165) is 10.9 Å². The maximum Gasteiger partial charge on any atom is 0.0460 e. The summed E-state index contributed by atoms with van der Waals surface area (Å²) in [5.74, 6) is 5.65. The molecule has 1 aromatic carbocycles. The quantitative estimate of drug-likeness (QED) is 0.449. The van der Waals surface area contributed by atoms with Gasteiger partial charge >= 0.3 is 0 Å². The lowest BCUT2D eigenvalue weighted by Crippen LogP contribution is -2.28. The monoisotopic (exact) mass is 298 g/mol. The number of hydrazine groups is 1. The first-order valence-electron chi connectivity index (χ1n) is 6.41. The number of hydrogen-bond donors (Lipinski definition) is 2. The number of nitrogens with one attached hydrogen (secondary N) is 1. The lowest BCUT2D eigenvalue weighted by atomic mass is 9.99. The molecule has 0 saturated heterocycles. The highest BCUT2D eigenvalue weighted by Gasteiger charge is 2.09. The highest BCUT2D eigenvalue weighted by Crippen LogP contribution is 2.24. The van der Waals surface area contributed by atoms with Crippen molar-refractivity contribution in [3.05, 3.63) is 33.8 Å². The second-order valence-corrected chi connectivity index (χ2v) is 5.43. The number of unbranched alkanes of at least 4 members (excludes halogenated alkanes) is 3. The van der Waals surface area contributed by atoms with Gasteiger partial charge in [-0.25, -0.2) is 0 Å². The summed E-state index contributed by atoms with van der Waals surface area (Å²) in [6, 6.07) is 6.72.